The van der Waals surface area contributed by atoms with E-state index in [0.29, 0.717) is 5.88 Å². The van der Waals surface area contributed by atoms with Gasteiger partial charge in [0.25, 0.3) is 0 Å². The van der Waals surface area contributed by atoms with Gasteiger partial charge in [0.15, 0.2) is 5.43 Å². The monoisotopic (exact) mass is 183 g/mol. The second kappa shape index (κ2) is 4.78. The molecular weight excluding hydrogens is 174 g/mol. The molecule has 0 amide bonds. The summed E-state index contributed by atoms with van der Waals surface area (Å²) in [4.78, 5) is 10.7. The summed E-state index contributed by atoms with van der Waals surface area (Å²) < 4.78 is 1.91. The Hall–Kier alpha value is -1.02. The largest absolute Gasteiger partial charge is 0.350 e. The van der Waals surface area contributed by atoms with E-state index in [2.05, 4.69) is 0 Å². The van der Waals surface area contributed by atoms with Crippen LogP contribution in [0.15, 0.2) is 41.5 Å². The van der Waals surface area contributed by atoms with Crippen molar-refractivity contribution in [3.05, 3.63) is 46.9 Å². The number of alkyl halides is 1. The molecule has 0 saturated heterocycles. The highest BCUT2D eigenvalue weighted by atomic mass is 35.5. The first-order valence-electron chi connectivity index (χ1n) is 3.70. The molecular formula is C9H10ClNO. The van der Waals surface area contributed by atoms with Crippen molar-refractivity contribution in [1.82, 2.24) is 4.57 Å². The van der Waals surface area contributed by atoms with E-state index in [0.717, 1.165) is 6.54 Å². The van der Waals surface area contributed by atoms with Gasteiger partial charge >= 0.3 is 0 Å². The van der Waals surface area contributed by atoms with Gasteiger partial charge in [0.1, 0.15) is 0 Å². The third-order valence-corrected chi connectivity index (χ3v) is 1.61. The van der Waals surface area contributed by atoms with Crippen LogP contribution in [0, 0.1) is 0 Å². The minimum absolute atomic E-state index is 0.0348. The van der Waals surface area contributed by atoms with Crippen molar-refractivity contribution >= 4 is 11.6 Å². The number of hydrogen-bond donors (Lipinski definition) is 0. The van der Waals surface area contributed by atoms with Gasteiger partial charge in [-0.25, -0.2) is 0 Å². The molecule has 0 aliphatic carbocycles. The lowest BCUT2D eigenvalue weighted by Gasteiger charge is -1.99. The average Bonchev–Trinajstić information content (AvgIpc) is 2.09. The molecule has 3 heteroatoms. The lowest BCUT2D eigenvalue weighted by molar-refractivity contribution is 0.810. The highest BCUT2D eigenvalue weighted by Crippen LogP contribution is 1.86. The Balaban J connectivity index is 2.59. The maximum absolute atomic E-state index is 10.7. The average molecular weight is 184 g/mol. The van der Waals surface area contributed by atoms with E-state index < -0.39 is 0 Å². The zero-order chi connectivity index (χ0) is 8.81. The molecule has 0 aliphatic heterocycles. The maximum atomic E-state index is 10.7. The Morgan fingerprint density at radius 3 is 2.58 bits per heavy atom. The van der Waals surface area contributed by atoms with Crippen LogP contribution >= 0.6 is 11.6 Å². The SMILES string of the molecule is O=c1ccn(C/C=C/CCl)cc1. The molecule has 0 saturated carbocycles. The van der Waals surface area contributed by atoms with Gasteiger partial charge in [-0.3, -0.25) is 4.79 Å². The highest BCUT2D eigenvalue weighted by Gasteiger charge is 1.83. The molecule has 64 valence electrons. The smallest absolute Gasteiger partial charge is 0.181 e. The van der Waals surface area contributed by atoms with Crippen molar-refractivity contribution < 1.29 is 0 Å². The number of pyridine rings is 1. The van der Waals surface area contributed by atoms with Crippen LogP contribution in [0.3, 0.4) is 0 Å². The summed E-state index contributed by atoms with van der Waals surface area (Å²) in [6.45, 7) is 0.757. The Bertz CT molecular complexity index is 296. The summed E-state index contributed by atoms with van der Waals surface area (Å²) in [5.41, 5.74) is 0.0348. The highest BCUT2D eigenvalue weighted by molar-refractivity contribution is 6.18. The summed E-state index contributed by atoms with van der Waals surface area (Å²) >= 11 is 5.45. The van der Waals surface area contributed by atoms with Crippen LogP contribution in [0.2, 0.25) is 0 Å². The van der Waals surface area contributed by atoms with Gasteiger partial charge in [-0.1, -0.05) is 12.2 Å². The molecule has 1 aromatic rings. The number of hydrogen-bond acceptors (Lipinski definition) is 1. The molecule has 1 aromatic heterocycles. The molecule has 0 unspecified atom stereocenters. The summed E-state index contributed by atoms with van der Waals surface area (Å²) in [6.07, 6.45) is 7.33. The second-order valence-electron chi connectivity index (χ2n) is 2.36. The molecule has 0 aliphatic rings. The van der Waals surface area contributed by atoms with Crippen molar-refractivity contribution in [2.45, 2.75) is 6.54 Å². The fourth-order valence-electron chi connectivity index (χ4n) is 0.825. The van der Waals surface area contributed by atoms with Gasteiger partial charge in [-0.2, -0.15) is 0 Å². The molecule has 0 fully saturated rings. The van der Waals surface area contributed by atoms with Crippen LogP contribution in [0.1, 0.15) is 0 Å². The molecule has 0 radical (unpaired) electrons. The Morgan fingerprint density at radius 2 is 2.00 bits per heavy atom. The van der Waals surface area contributed by atoms with E-state index in [1.54, 1.807) is 12.4 Å². The normalized spacial score (nSPS) is 10.8. The Morgan fingerprint density at radius 1 is 1.33 bits per heavy atom. The third-order valence-electron chi connectivity index (χ3n) is 1.43. The van der Waals surface area contributed by atoms with Crippen molar-refractivity contribution in [3.8, 4) is 0 Å². The summed E-state index contributed by atoms with van der Waals surface area (Å²) in [5, 5.41) is 0. The van der Waals surface area contributed by atoms with E-state index >= 15 is 0 Å². The van der Waals surface area contributed by atoms with Gasteiger partial charge in [-0.15, -0.1) is 11.6 Å². The van der Waals surface area contributed by atoms with Crippen molar-refractivity contribution in [1.29, 1.82) is 0 Å². The van der Waals surface area contributed by atoms with E-state index in [9.17, 15) is 4.79 Å². The zero-order valence-electron chi connectivity index (χ0n) is 6.61. The fraction of sp³-hybridized carbons (Fsp3) is 0.222. The standard InChI is InChI=1S/C9H10ClNO/c10-5-1-2-6-11-7-3-9(12)4-8-11/h1-4,7-8H,5-6H2/b2-1+. The molecule has 0 bridgehead atoms. The van der Waals surface area contributed by atoms with Crippen LogP contribution in [0.4, 0.5) is 0 Å². The predicted molar refractivity (Wildman–Crippen MR) is 50.6 cm³/mol. The molecule has 12 heavy (non-hydrogen) atoms. The van der Waals surface area contributed by atoms with E-state index in [-0.39, 0.29) is 5.43 Å². The van der Waals surface area contributed by atoms with Gasteiger partial charge in [-0.05, 0) is 0 Å². The summed E-state index contributed by atoms with van der Waals surface area (Å²) in [6, 6.07) is 3.07. The van der Waals surface area contributed by atoms with Gasteiger partial charge in [0, 0.05) is 37.0 Å². The number of halogens is 1. The first-order chi connectivity index (χ1) is 5.83. The minimum atomic E-state index is 0.0348. The van der Waals surface area contributed by atoms with Gasteiger partial charge < -0.3 is 4.57 Å². The predicted octanol–water partition coefficient (Wildman–Crippen LogP) is 1.64. The van der Waals surface area contributed by atoms with Crippen LogP contribution in [0.5, 0.6) is 0 Å². The topological polar surface area (TPSA) is 22.0 Å². The summed E-state index contributed by atoms with van der Waals surface area (Å²) in [7, 11) is 0. The molecule has 1 rings (SSSR count). The first kappa shape index (κ1) is 9.07. The van der Waals surface area contributed by atoms with Crippen LogP contribution in [-0.4, -0.2) is 10.4 Å². The molecule has 0 aromatic carbocycles. The summed E-state index contributed by atoms with van der Waals surface area (Å²) in [5.74, 6) is 0.528. The van der Waals surface area contributed by atoms with E-state index in [4.69, 9.17) is 11.6 Å². The Labute approximate surface area is 76.1 Å². The van der Waals surface area contributed by atoms with Gasteiger partial charge in [0.05, 0.1) is 0 Å². The van der Waals surface area contributed by atoms with Crippen LogP contribution in [-0.2, 0) is 6.54 Å². The fourth-order valence-corrected chi connectivity index (χ4v) is 0.951. The lowest BCUT2D eigenvalue weighted by atomic mass is 10.4. The molecule has 0 atom stereocenters. The van der Waals surface area contributed by atoms with Gasteiger partial charge in [0.2, 0.25) is 0 Å². The third kappa shape index (κ3) is 2.93. The molecule has 2 nitrogen and oxygen atoms in total. The number of aromatic nitrogens is 1. The van der Waals surface area contributed by atoms with Crippen LogP contribution < -0.4 is 5.43 Å². The second-order valence-corrected chi connectivity index (χ2v) is 2.66. The van der Waals surface area contributed by atoms with E-state index in [1.165, 1.54) is 12.1 Å². The zero-order valence-corrected chi connectivity index (χ0v) is 7.37. The molecule has 0 spiro atoms. The van der Waals surface area contributed by atoms with Crippen molar-refractivity contribution in [3.63, 3.8) is 0 Å². The molecule has 0 N–H and O–H groups in total. The lowest BCUT2D eigenvalue weighted by Crippen LogP contribution is -2.02. The number of allylic oxidation sites excluding steroid dienone is 2. The number of nitrogens with zero attached hydrogens (tertiary/aromatic N) is 1. The number of rotatable bonds is 3. The molecule has 1 heterocycles. The maximum Gasteiger partial charge on any atom is 0.181 e. The van der Waals surface area contributed by atoms with E-state index in [1.807, 2.05) is 16.7 Å². The van der Waals surface area contributed by atoms with Crippen molar-refractivity contribution in [2.24, 2.45) is 0 Å². The van der Waals surface area contributed by atoms with Crippen molar-refractivity contribution in [2.75, 3.05) is 5.88 Å². The first-order valence-corrected chi connectivity index (χ1v) is 4.23. The minimum Gasteiger partial charge on any atom is -0.350 e. The van der Waals surface area contributed by atoms with Crippen LogP contribution in [0.25, 0.3) is 0 Å². The Kier molecular flexibility index (Phi) is 3.61. The quantitative estimate of drug-likeness (QED) is 0.516.